The lowest BCUT2D eigenvalue weighted by Crippen LogP contribution is -2.39. The van der Waals surface area contributed by atoms with Gasteiger partial charge in [-0.3, -0.25) is 14.6 Å². The average molecular weight is 405 g/mol. The summed E-state index contributed by atoms with van der Waals surface area (Å²) < 4.78 is 6.86. The van der Waals surface area contributed by atoms with Gasteiger partial charge in [-0.15, -0.1) is 0 Å². The molecule has 1 amide bonds. The van der Waals surface area contributed by atoms with Gasteiger partial charge in [-0.1, -0.05) is 5.16 Å². The predicted octanol–water partition coefficient (Wildman–Crippen LogP) is 3.08. The minimum Gasteiger partial charge on any atom is -0.360 e. The number of amides is 1. The molecule has 2 saturated carbocycles. The number of nitrogens with one attached hydrogen (secondary N) is 1. The van der Waals surface area contributed by atoms with Crippen LogP contribution in [0.5, 0.6) is 0 Å². The molecule has 8 heteroatoms. The summed E-state index contributed by atoms with van der Waals surface area (Å²) in [6.45, 7) is 0. The zero-order valence-corrected chi connectivity index (χ0v) is 16.5. The Morgan fingerprint density at radius 1 is 1.10 bits per heavy atom. The topological polar surface area (TPSA) is 103 Å². The van der Waals surface area contributed by atoms with Gasteiger partial charge in [0, 0.05) is 42.0 Å². The van der Waals surface area contributed by atoms with Crippen molar-refractivity contribution in [2.75, 3.05) is 0 Å². The first-order chi connectivity index (χ1) is 14.7. The molecule has 2 aliphatic rings. The van der Waals surface area contributed by atoms with Crippen LogP contribution in [-0.2, 0) is 0 Å². The molecule has 0 aromatic carbocycles. The lowest BCUT2D eigenvalue weighted by atomic mass is 9.91. The lowest BCUT2D eigenvalue weighted by molar-refractivity contribution is 0.0912. The summed E-state index contributed by atoms with van der Waals surface area (Å²) in [5, 5.41) is 11.5. The highest BCUT2D eigenvalue weighted by Crippen LogP contribution is 2.40. The summed E-state index contributed by atoms with van der Waals surface area (Å²) in [6, 6.07) is 8.91. The van der Waals surface area contributed by atoms with Gasteiger partial charge in [0.1, 0.15) is 5.76 Å². The average Bonchev–Trinajstić information content (AvgIpc) is 3.51. The van der Waals surface area contributed by atoms with Crippen molar-refractivity contribution in [3.63, 3.8) is 0 Å². The number of hydrogen-bond acceptors (Lipinski definition) is 6. The second kappa shape index (κ2) is 7.85. The van der Waals surface area contributed by atoms with Crippen LogP contribution in [0, 0.1) is 0 Å². The molecule has 0 atom stereocenters. The van der Waals surface area contributed by atoms with E-state index in [0.29, 0.717) is 11.6 Å². The van der Waals surface area contributed by atoms with Crippen LogP contribution in [0.25, 0.3) is 11.3 Å². The van der Waals surface area contributed by atoms with Crippen molar-refractivity contribution in [1.82, 2.24) is 25.2 Å². The molecule has 2 fully saturated rings. The van der Waals surface area contributed by atoms with Gasteiger partial charge in [0.05, 0.1) is 11.7 Å². The molecule has 154 valence electrons. The molecule has 8 nitrogen and oxygen atoms in total. The van der Waals surface area contributed by atoms with Gasteiger partial charge >= 0.3 is 0 Å². The molecule has 5 rings (SSSR count). The van der Waals surface area contributed by atoms with E-state index in [9.17, 15) is 9.59 Å². The van der Waals surface area contributed by atoms with Gasteiger partial charge in [-0.05, 0) is 56.7 Å². The van der Waals surface area contributed by atoms with Crippen LogP contribution < -0.4 is 10.9 Å². The van der Waals surface area contributed by atoms with Crippen molar-refractivity contribution in [3.05, 3.63) is 64.5 Å². The standard InChI is InChI=1S/C22H23N5O3/c28-21-10-9-18(15-2-1-11-23-13-15)25-27(21)17-7-5-16(6-8-17)24-22(29)19-12-20(30-26-19)14-3-4-14/h1-2,9-14,16-17H,3-8H2,(H,24,29). The Morgan fingerprint density at radius 3 is 2.67 bits per heavy atom. The number of carbonyl (C=O) groups is 1. The summed E-state index contributed by atoms with van der Waals surface area (Å²) in [6.07, 6.45) is 8.79. The zero-order valence-electron chi connectivity index (χ0n) is 16.5. The molecule has 0 radical (unpaired) electrons. The molecule has 2 aliphatic carbocycles. The fourth-order valence-corrected chi connectivity index (χ4v) is 4.04. The number of rotatable bonds is 5. The number of hydrogen-bond donors (Lipinski definition) is 1. The van der Waals surface area contributed by atoms with Gasteiger partial charge in [-0.25, -0.2) is 4.68 Å². The molecule has 3 heterocycles. The first-order valence-corrected chi connectivity index (χ1v) is 10.4. The van der Waals surface area contributed by atoms with Crippen LogP contribution in [0.1, 0.15) is 66.7 Å². The van der Waals surface area contributed by atoms with Gasteiger partial charge < -0.3 is 9.84 Å². The Morgan fingerprint density at radius 2 is 1.93 bits per heavy atom. The first kappa shape index (κ1) is 18.7. The Kier molecular flexibility index (Phi) is 4.90. The smallest absolute Gasteiger partial charge is 0.273 e. The summed E-state index contributed by atoms with van der Waals surface area (Å²) in [4.78, 5) is 29.0. The molecule has 0 unspecified atom stereocenters. The molecule has 30 heavy (non-hydrogen) atoms. The van der Waals surface area contributed by atoms with Gasteiger partial charge in [0.15, 0.2) is 5.69 Å². The van der Waals surface area contributed by atoms with Crippen LogP contribution >= 0.6 is 0 Å². The van der Waals surface area contributed by atoms with Crippen molar-refractivity contribution in [2.24, 2.45) is 0 Å². The molecular weight excluding hydrogens is 382 g/mol. The molecule has 0 spiro atoms. The van der Waals surface area contributed by atoms with E-state index >= 15 is 0 Å². The zero-order chi connectivity index (χ0) is 20.5. The van der Waals surface area contributed by atoms with E-state index in [4.69, 9.17) is 4.52 Å². The highest BCUT2D eigenvalue weighted by atomic mass is 16.5. The Balaban J connectivity index is 1.22. The number of pyridine rings is 1. The van der Waals surface area contributed by atoms with Crippen LogP contribution in [0.4, 0.5) is 0 Å². The van der Waals surface area contributed by atoms with E-state index < -0.39 is 0 Å². The van der Waals surface area contributed by atoms with Gasteiger partial charge in [0.25, 0.3) is 11.5 Å². The second-order valence-electron chi connectivity index (χ2n) is 8.11. The summed E-state index contributed by atoms with van der Waals surface area (Å²) in [5.41, 5.74) is 1.85. The largest absolute Gasteiger partial charge is 0.360 e. The maximum absolute atomic E-state index is 12.5. The Hall–Kier alpha value is -3.29. The van der Waals surface area contributed by atoms with Crippen molar-refractivity contribution in [2.45, 2.75) is 56.5 Å². The molecular formula is C22H23N5O3. The Bertz CT molecular complexity index is 1100. The van der Waals surface area contributed by atoms with E-state index in [0.717, 1.165) is 55.5 Å². The number of carbonyl (C=O) groups excluding carboxylic acids is 1. The van der Waals surface area contributed by atoms with Gasteiger partial charge in [-0.2, -0.15) is 5.10 Å². The third-order valence-electron chi connectivity index (χ3n) is 5.90. The van der Waals surface area contributed by atoms with Crippen LogP contribution in [0.2, 0.25) is 0 Å². The SMILES string of the molecule is O=C(NC1CCC(n2nc(-c3cccnc3)ccc2=O)CC1)c1cc(C2CC2)on1. The van der Waals surface area contributed by atoms with E-state index in [1.165, 1.54) is 0 Å². The molecule has 0 saturated heterocycles. The van der Waals surface area contributed by atoms with E-state index in [2.05, 4.69) is 20.6 Å². The van der Waals surface area contributed by atoms with E-state index in [1.54, 1.807) is 35.3 Å². The number of aromatic nitrogens is 4. The first-order valence-electron chi connectivity index (χ1n) is 10.4. The normalized spacial score (nSPS) is 21.3. The second-order valence-corrected chi connectivity index (χ2v) is 8.11. The summed E-state index contributed by atoms with van der Waals surface area (Å²) in [5.74, 6) is 1.05. The third-order valence-corrected chi connectivity index (χ3v) is 5.90. The Labute approximate surface area is 173 Å². The maximum Gasteiger partial charge on any atom is 0.273 e. The van der Waals surface area contributed by atoms with Crippen molar-refractivity contribution in [3.8, 4) is 11.3 Å². The summed E-state index contributed by atoms with van der Waals surface area (Å²) in [7, 11) is 0. The molecule has 0 bridgehead atoms. The number of nitrogens with zero attached hydrogens (tertiary/aromatic N) is 4. The highest BCUT2D eigenvalue weighted by Gasteiger charge is 2.30. The fourth-order valence-electron chi connectivity index (χ4n) is 4.04. The van der Waals surface area contributed by atoms with Crippen LogP contribution in [0.15, 0.2) is 52.0 Å². The van der Waals surface area contributed by atoms with Gasteiger partial charge in [0.2, 0.25) is 0 Å². The van der Waals surface area contributed by atoms with Crippen LogP contribution in [-0.4, -0.2) is 31.9 Å². The predicted molar refractivity (Wildman–Crippen MR) is 109 cm³/mol. The molecule has 0 aliphatic heterocycles. The highest BCUT2D eigenvalue weighted by molar-refractivity contribution is 5.92. The van der Waals surface area contributed by atoms with E-state index in [1.807, 2.05) is 12.1 Å². The minimum absolute atomic E-state index is 0.0239. The molecule has 1 N–H and O–H groups in total. The quantitative estimate of drug-likeness (QED) is 0.700. The van der Waals surface area contributed by atoms with Crippen molar-refractivity contribution < 1.29 is 9.32 Å². The molecule has 3 aromatic heterocycles. The lowest BCUT2D eigenvalue weighted by Gasteiger charge is -2.29. The summed E-state index contributed by atoms with van der Waals surface area (Å²) >= 11 is 0. The van der Waals surface area contributed by atoms with E-state index in [-0.39, 0.29) is 23.6 Å². The van der Waals surface area contributed by atoms with Crippen molar-refractivity contribution in [1.29, 1.82) is 0 Å². The monoisotopic (exact) mass is 405 g/mol. The minimum atomic E-state index is -0.192. The van der Waals surface area contributed by atoms with Crippen molar-refractivity contribution >= 4 is 5.91 Å². The molecule has 3 aromatic rings. The maximum atomic E-state index is 12.5. The fraction of sp³-hybridized carbons (Fsp3) is 0.409. The van der Waals surface area contributed by atoms with Crippen LogP contribution in [0.3, 0.4) is 0 Å². The third kappa shape index (κ3) is 3.90.